The van der Waals surface area contributed by atoms with Crippen LogP contribution in [0.15, 0.2) is 33.8 Å². The second-order valence-corrected chi connectivity index (χ2v) is 7.84. The van der Waals surface area contributed by atoms with Crippen LogP contribution in [0.4, 0.5) is 0 Å². The van der Waals surface area contributed by atoms with Crippen LogP contribution in [0.25, 0.3) is 11.4 Å². The molecule has 2 saturated carbocycles. The van der Waals surface area contributed by atoms with E-state index < -0.39 is 0 Å². The van der Waals surface area contributed by atoms with E-state index >= 15 is 0 Å². The summed E-state index contributed by atoms with van der Waals surface area (Å²) in [5.41, 5.74) is 1.14. The Kier molecular flexibility index (Phi) is 7.39. The van der Waals surface area contributed by atoms with E-state index in [1.807, 2.05) is 12.1 Å². The van der Waals surface area contributed by atoms with Crippen LogP contribution in [0.1, 0.15) is 38.5 Å². The van der Waals surface area contributed by atoms with Gasteiger partial charge >= 0.3 is 0 Å². The Hall–Kier alpha value is -1.39. The SMILES string of the molecule is CCOC1CC(NC(=NC)NCc2nc(-c3ccc(Cl)cc3)no2)C12CCC2.I. The number of aromatic nitrogens is 2. The van der Waals surface area contributed by atoms with Crippen LogP contribution in [0.3, 0.4) is 0 Å². The largest absolute Gasteiger partial charge is 0.378 e. The predicted octanol–water partition coefficient (Wildman–Crippen LogP) is 4.02. The molecule has 4 rings (SSSR count). The first kappa shape index (κ1) is 22.3. The van der Waals surface area contributed by atoms with E-state index in [1.165, 1.54) is 19.3 Å². The number of hydrogen-bond acceptors (Lipinski definition) is 5. The fourth-order valence-corrected chi connectivity index (χ4v) is 4.33. The highest BCUT2D eigenvalue weighted by atomic mass is 127. The van der Waals surface area contributed by atoms with Crippen molar-refractivity contribution in [3.8, 4) is 11.4 Å². The van der Waals surface area contributed by atoms with Crippen LogP contribution in [-0.4, -0.2) is 41.9 Å². The van der Waals surface area contributed by atoms with Gasteiger partial charge in [-0.2, -0.15) is 4.98 Å². The maximum absolute atomic E-state index is 5.92. The van der Waals surface area contributed by atoms with E-state index in [0.29, 0.717) is 35.4 Å². The molecule has 2 aliphatic carbocycles. The molecule has 1 aromatic heterocycles. The predicted molar refractivity (Wildman–Crippen MR) is 124 cm³/mol. The van der Waals surface area contributed by atoms with Crippen molar-refractivity contribution in [2.75, 3.05) is 13.7 Å². The van der Waals surface area contributed by atoms with Gasteiger partial charge in [0, 0.05) is 35.7 Å². The van der Waals surface area contributed by atoms with Gasteiger partial charge in [-0.05, 0) is 50.5 Å². The number of nitrogens with one attached hydrogen (secondary N) is 2. The van der Waals surface area contributed by atoms with E-state index in [1.54, 1.807) is 19.2 Å². The highest BCUT2D eigenvalue weighted by Crippen LogP contribution is 2.57. The molecule has 0 aliphatic heterocycles. The summed E-state index contributed by atoms with van der Waals surface area (Å²) in [6.45, 7) is 3.25. The Labute approximate surface area is 193 Å². The quantitative estimate of drug-likeness (QED) is 0.333. The topological polar surface area (TPSA) is 84.6 Å². The van der Waals surface area contributed by atoms with Crippen LogP contribution in [0.5, 0.6) is 0 Å². The number of halogens is 2. The van der Waals surface area contributed by atoms with Crippen LogP contribution in [0, 0.1) is 5.41 Å². The smallest absolute Gasteiger partial charge is 0.246 e. The van der Waals surface area contributed by atoms with Crippen molar-refractivity contribution in [1.29, 1.82) is 0 Å². The molecule has 29 heavy (non-hydrogen) atoms. The first-order valence-corrected chi connectivity index (χ1v) is 10.2. The summed E-state index contributed by atoms with van der Waals surface area (Å²) >= 11 is 5.92. The molecule has 7 nitrogen and oxygen atoms in total. The number of rotatable bonds is 6. The summed E-state index contributed by atoms with van der Waals surface area (Å²) in [6, 6.07) is 7.75. The zero-order chi connectivity index (χ0) is 19.6. The molecule has 158 valence electrons. The van der Waals surface area contributed by atoms with Gasteiger partial charge in [0.2, 0.25) is 11.7 Å². The third-order valence-electron chi connectivity index (χ3n) is 5.95. The Bertz CT molecular complexity index is 838. The first-order valence-electron chi connectivity index (χ1n) is 9.82. The average Bonchev–Trinajstić information content (AvgIpc) is 3.11. The Morgan fingerprint density at radius 1 is 1.34 bits per heavy atom. The third-order valence-corrected chi connectivity index (χ3v) is 6.20. The first-order chi connectivity index (χ1) is 13.6. The summed E-state index contributed by atoms with van der Waals surface area (Å²) in [4.78, 5) is 8.78. The highest BCUT2D eigenvalue weighted by molar-refractivity contribution is 14.0. The van der Waals surface area contributed by atoms with Crippen LogP contribution >= 0.6 is 35.6 Å². The molecule has 2 fully saturated rings. The molecule has 9 heteroatoms. The molecule has 2 aliphatic rings. The van der Waals surface area contributed by atoms with Gasteiger partial charge in [-0.25, -0.2) is 0 Å². The van der Waals surface area contributed by atoms with Crippen LogP contribution in [0.2, 0.25) is 5.02 Å². The average molecular weight is 532 g/mol. The van der Waals surface area contributed by atoms with Crippen molar-refractivity contribution in [2.45, 2.75) is 51.3 Å². The molecule has 1 aromatic carbocycles. The van der Waals surface area contributed by atoms with Gasteiger partial charge in [0.15, 0.2) is 5.96 Å². The molecule has 1 spiro atoms. The van der Waals surface area contributed by atoms with E-state index in [-0.39, 0.29) is 29.4 Å². The van der Waals surface area contributed by atoms with Gasteiger partial charge < -0.3 is 19.9 Å². The molecule has 0 amide bonds. The molecule has 0 bridgehead atoms. The van der Waals surface area contributed by atoms with Crippen molar-refractivity contribution >= 4 is 41.5 Å². The molecular formula is C20H27ClIN5O2. The lowest BCUT2D eigenvalue weighted by atomic mass is 9.51. The molecule has 0 radical (unpaired) electrons. The molecule has 2 atom stereocenters. The number of hydrogen-bond donors (Lipinski definition) is 2. The van der Waals surface area contributed by atoms with E-state index in [2.05, 4.69) is 32.7 Å². The fraction of sp³-hybridized carbons (Fsp3) is 0.550. The lowest BCUT2D eigenvalue weighted by Gasteiger charge is -2.61. The Morgan fingerprint density at radius 3 is 2.72 bits per heavy atom. The standard InChI is InChI=1S/C20H26ClN5O2.HI/c1-3-27-16-11-15(20(16)9-4-10-20)24-19(22-2)23-12-17-25-18(26-28-17)13-5-7-14(21)8-6-13;/h5-8,15-16H,3-4,9-12H2,1-2H3,(H2,22,23,24);1H. The van der Waals surface area contributed by atoms with Gasteiger partial charge in [-0.3, -0.25) is 4.99 Å². The molecule has 2 N–H and O–H groups in total. The molecule has 2 unspecified atom stereocenters. The second-order valence-electron chi connectivity index (χ2n) is 7.41. The summed E-state index contributed by atoms with van der Waals surface area (Å²) in [5.74, 6) is 1.80. The van der Waals surface area contributed by atoms with Gasteiger partial charge in [-0.15, -0.1) is 24.0 Å². The zero-order valence-electron chi connectivity index (χ0n) is 16.7. The third kappa shape index (κ3) is 4.54. The van der Waals surface area contributed by atoms with Crippen LogP contribution < -0.4 is 10.6 Å². The summed E-state index contributed by atoms with van der Waals surface area (Å²) in [7, 11) is 1.77. The molecule has 2 aromatic rings. The number of guanidine groups is 1. The lowest BCUT2D eigenvalue weighted by molar-refractivity contribution is -0.168. The van der Waals surface area contributed by atoms with Crippen molar-refractivity contribution in [3.05, 3.63) is 35.2 Å². The van der Waals surface area contributed by atoms with Gasteiger partial charge in [0.1, 0.15) is 0 Å². The number of ether oxygens (including phenoxy) is 1. The second kappa shape index (κ2) is 9.61. The minimum Gasteiger partial charge on any atom is -0.378 e. The van der Waals surface area contributed by atoms with Crippen molar-refractivity contribution in [1.82, 2.24) is 20.8 Å². The van der Waals surface area contributed by atoms with E-state index in [9.17, 15) is 0 Å². The monoisotopic (exact) mass is 531 g/mol. The fourth-order valence-electron chi connectivity index (χ4n) is 4.20. The summed E-state index contributed by atoms with van der Waals surface area (Å²) < 4.78 is 11.3. The van der Waals surface area contributed by atoms with Crippen molar-refractivity contribution in [3.63, 3.8) is 0 Å². The Balaban J connectivity index is 0.00000240. The summed E-state index contributed by atoms with van der Waals surface area (Å²) in [6.07, 6.45) is 5.12. The molecular weight excluding hydrogens is 505 g/mol. The van der Waals surface area contributed by atoms with Crippen molar-refractivity contribution < 1.29 is 9.26 Å². The molecule has 0 saturated heterocycles. The van der Waals surface area contributed by atoms with Gasteiger partial charge in [-0.1, -0.05) is 23.2 Å². The molecule has 1 heterocycles. The minimum atomic E-state index is 0. The maximum Gasteiger partial charge on any atom is 0.246 e. The van der Waals surface area contributed by atoms with Gasteiger partial charge in [0.25, 0.3) is 0 Å². The normalized spacial score (nSPS) is 22.4. The highest BCUT2D eigenvalue weighted by Gasteiger charge is 2.59. The summed E-state index contributed by atoms with van der Waals surface area (Å²) in [5, 5.41) is 11.5. The number of aliphatic imine (C=N–C) groups is 1. The minimum absolute atomic E-state index is 0. The van der Waals surface area contributed by atoms with E-state index in [0.717, 1.165) is 24.6 Å². The van der Waals surface area contributed by atoms with E-state index in [4.69, 9.17) is 20.9 Å². The Morgan fingerprint density at radius 2 is 2.10 bits per heavy atom. The lowest BCUT2D eigenvalue weighted by Crippen LogP contribution is -2.68. The number of nitrogens with zero attached hydrogens (tertiary/aromatic N) is 3. The maximum atomic E-state index is 5.92. The zero-order valence-corrected chi connectivity index (χ0v) is 19.7. The van der Waals surface area contributed by atoms with Gasteiger partial charge in [0.05, 0.1) is 12.6 Å². The van der Waals surface area contributed by atoms with Crippen LogP contribution in [-0.2, 0) is 11.3 Å². The van der Waals surface area contributed by atoms with Crippen molar-refractivity contribution in [2.24, 2.45) is 10.4 Å². The number of benzene rings is 1.